The number of anilines is 3. The highest BCUT2D eigenvalue weighted by Gasteiger charge is 2.52. The summed E-state index contributed by atoms with van der Waals surface area (Å²) in [6.07, 6.45) is 0. The first kappa shape index (κ1) is 38.2. The van der Waals surface area contributed by atoms with E-state index in [1.54, 1.807) is 0 Å². The molecule has 0 unspecified atom stereocenters. The summed E-state index contributed by atoms with van der Waals surface area (Å²) in [5, 5.41) is 9.99. The molecular formula is C67H42N2. The van der Waals surface area contributed by atoms with Gasteiger partial charge in [-0.3, -0.25) is 0 Å². The fourth-order valence-electron chi connectivity index (χ4n) is 12.5. The van der Waals surface area contributed by atoms with Gasteiger partial charge in [-0.2, -0.15) is 0 Å². The number of nitrogens with zero attached hydrogens (tertiary/aromatic N) is 2. The van der Waals surface area contributed by atoms with Gasteiger partial charge in [-0.05, 0) is 126 Å². The van der Waals surface area contributed by atoms with E-state index in [9.17, 15) is 0 Å². The Bertz CT molecular complexity index is 4210. The van der Waals surface area contributed by atoms with Crippen molar-refractivity contribution >= 4 is 71.2 Å². The first-order valence-electron chi connectivity index (χ1n) is 24.0. The third kappa shape index (κ3) is 5.31. The topological polar surface area (TPSA) is 8.17 Å². The zero-order valence-corrected chi connectivity index (χ0v) is 37.6. The summed E-state index contributed by atoms with van der Waals surface area (Å²) >= 11 is 0. The van der Waals surface area contributed by atoms with Crippen LogP contribution in [0, 0.1) is 0 Å². The van der Waals surface area contributed by atoms with Gasteiger partial charge in [0.1, 0.15) is 0 Å². The quantitative estimate of drug-likeness (QED) is 0.156. The Morgan fingerprint density at radius 3 is 1.62 bits per heavy atom. The summed E-state index contributed by atoms with van der Waals surface area (Å²) < 4.78 is 2.46. The van der Waals surface area contributed by atoms with Crippen molar-refractivity contribution in [3.05, 3.63) is 277 Å². The van der Waals surface area contributed by atoms with E-state index in [1.165, 1.54) is 110 Å². The van der Waals surface area contributed by atoms with Crippen LogP contribution in [-0.4, -0.2) is 4.57 Å². The van der Waals surface area contributed by atoms with Crippen LogP contribution in [0.5, 0.6) is 0 Å². The number of rotatable bonds is 5. The highest BCUT2D eigenvalue weighted by atomic mass is 15.1. The maximum Gasteiger partial charge on any atom is 0.0726 e. The molecule has 2 nitrogen and oxygen atoms in total. The molecule has 69 heavy (non-hydrogen) atoms. The van der Waals surface area contributed by atoms with E-state index in [1.807, 2.05) is 0 Å². The van der Waals surface area contributed by atoms with Crippen LogP contribution in [0.2, 0.25) is 0 Å². The maximum absolute atomic E-state index is 2.50. The zero-order valence-electron chi connectivity index (χ0n) is 37.6. The van der Waals surface area contributed by atoms with E-state index in [0.717, 1.165) is 22.7 Å². The molecule has 15 rings (SSSR count). The summed E-state index contributed by atoms with van der Waals surface area (Å²) in [5.41, 5.74) is 19.4. The monoisotopic (exact) mass is 874 g/mol. The second-order valence-electron chi connectivity index (χ2n) is 18.7. The van der Waals surface area contributed by atoms with Crippen molar-refractivity contribution in [1.29, 1.82) is 0 Å². The van der Waals surface area contributed by atoms with Crippen molar-refractivity contribution in [2.24, 2.45) is 0 Å². The van der Waals surface area contributed by atoms with Gasteiger partial charge in [0, 0.05) is 38.8 Å². The Morgan fingerprint density at radius 1 is 0.319 bits per heavy atom. The minimum Gasteiger partial charge on any atom is -0.310 e. The fraction of sp³-hybridized carbons (Fsp3) is 0.0149. The van der Waals surface area contributed by atoms with Crippen LogP contribution in [0.15, 0.2) is 255 Å². The molecule has 0 atom stereocenters. The van der Waals surface area contributed by atoms with Crippen LogP contribution >= 0.6 is 0 Å². The lowest BCUT2D eigenvalue weighted by Gasteiger charge is -2.32. The third-order valence-electron chi connectivity index (χ3n) is 15.4. The molecule has 13 aromatic rings. The van der Waals surface area contributed by atoms with Gasteiger partial charge in [0.2, 0.25) is 0 Å². The minimum atomic E-state index is -0.444. The molecule has 1 spiro atoms. The van der Waals surface area contributed by atoms with Gasteiger partial charge >= 0.3 is 0 Å². The largest absolute Gasteiger partial charge is 0.310 e. The van der Waals surface area contributed by atoms with Crippen LogP contribution in [0.4, 0.5) is 17.1 Å². The normalized spacial score (nSPS) is 13.0. The lowest BCUT2D eigenvalue weighted by molar-refractivity contribution is 0.794. The molecule has 0 N–H and O–H groups in total. The van der Waals surface area contributed by atoms with Crippen molar-refractivity contribution in [3.8, 4) is 39.1 Å². The van der Waals surface area contributed by atoms with Crippen molar-refractivity contribution in [3.63, 3.8) is 0 Å². The molecule has 2 aliphatic carbocycles. The maximum atomic E-state index is 2.50. The molecule has 0 saturated carbocycles. The Morgan fingerprint density at radius 2 is 0.855 bits per heavy atom. The van der Waals surface area contributed by atoms with Gasteiger partial charge in [-0.15, -0.1) is 0 Å². The van der Waals surface area contributed by atoms with Gasteiger partial charge in [-0.25, -0.2) is 0 Å². The Balaban J connectivity index is 0.941. The number of para-hydroxylation sites is 1. The van der Waals surface area contributed by atoms with Crippen molar-refractivity contribution < 1.29 is 0 Å². The summed E-state index contributed by atoms with van der Waals surface area (Å²) in [7, 11) is 0. The summed E-state index contributed by atoms with van der Waals surface area (Å²) in [6, 6.07) is 94.9. The number of hydrogen-bond donors (Lipinski definition) is 0. The fourth-order valence-corrected chi connectivity index (χ4v) is 12.5. The Labute approximate surface area is 400 Å². The summed E-state index contributed by atoms with van der Waals surface area (Å²) in [4.78, 5) is 2.50. The molecule has 0 aliphatic heterocycles. The average molecular weight is 875 g/mol. The smallest absolute Gasteiger partial charge is 0.0726 e. The first-order chi connectivity index (χ1) is 34.2. The standard InChI is InChI=1S/C67H42N2/c1-2-17-48(18-3-1)69-64-42-46(34-38-56(64)57-39-33-45-16-5-7-20-53(45)66(57)69)43-31-35-49(36-32-43)68(50-37-40-52-47(41-50)30-29-44-15-4-6-19-51(44)52)63-28-14-27-62-65(63)58-23-10-13-26-61(58)67(62)59-24-11-8-21-54(59)55-22-9-12-25-60(55)67/h1-42H. The van der Waals surface area contributed by atoms with Crippen LogP contribution in [0.1, 0.15) is 22.3 Å². The number of hydrogen-bond acceptors (Lipinski definition) is 1. The Kier molecular flexibility index (Phi) is 8.02. The number of aromatic nitrogens is 1. The lowest BCUT2D eigenvalue weighted by Crippen LogP contribution is -2.26. The molecule has 2 aliphatic rings. The molecule has 0 radical (unpaired) electrons. The minimum absolute atomic E-state index is 0.444. The van der Waals surface area contributed by atoms with E-state index < -0.39 is 5.41 Å². The molecular weight excluding hydrogens is 833 g/mol. The van der Waals surface area contributed by atoms with Gasteiger partial charge < -0.3 is 9.47 Å². The van der Waals surface area contributed by atoms with E-state index >= 15 is 0 Å². The zero-order chi connectivity index (χ0) is 45.2. The van der Waals surface area contributed by atoms with E-state index in [2.05, 4.69) is 264 Å². The highest BCUT2D eigenvalue weighted by Crippen LogP contribution is 2.64. The van der Waals surface area contributed by atoms with Crippen molar-refractivity contribution in [2.45, 2.75) is 5.41 Å². The van der Waals surface area contributed by atoms with Gasteiger partial charge in [0.15, 0.2) is 0 Å². The van der Waals surface area contributed by atoms with Gasteiger partial charge in [0.25, 0.3) is 0 Å². The van der Waals surface area contributed by atoms with E-state index in [-0.39, 0.29) is 0 Å². The molecule has 0 bridgehead atoms. The average Bonchev–Trinajstić information content (AvgIpc) is 4.03. The predicted octanol–water partition coefficient (Wildman–Crippen LogP) is 17.7. The van der Waals surface area contributed by atoms with Crippen LogP contribution in [0.3, 0.4) is 0 Å². The molecule has 12 aromatic carbocycles. The van der Waals surface area contributed by atoms with Crippen LogP contribution in [-0.2, 0) is 5.41 Å². The van der Waals surface area contributed by atoms with E-state index in [0.29, 0.717) is 0 Å². The van der Waals surface area contributed by atoms with Gasteiger partial charge in [0.05, 0.1) is 22.1 Å². The summed E-state index contributed by atoms with van der Waals surface area (Å²) in [6.45, 7) is 0. The molecule has 0 amide bonds. The highest BCUT2D eigenvalue weighted by molar-refractivity contribution is 6.19. The van der Waals surface area contributed by atoms with Crippen molar-refractivity contribution in [1.82, 2.24) is 4.57 Å². The number of benzene rings is 12. The SMILES string of the molecule is c1ccc(-n2c3cc(-c4ccc(N(c5ccc6c(ccc7ccccc76)c5)c5cccc6c5-c5ccccc5C65c6ccccc6-c6ccccc65)cc4)ccc3c3ccc4ccccc4c32)cc1. The molecule has 0 saturated heterocycles. The summed E-state index contributed by atoms with van der Waals surface area (Å²) in [5.74, 6) is 0. The van der Waals surface area contributed by atoms with Gasteiger partial charge in [-0.1, -0.05) is 206 Å². The molecule has 1 aromatic heterocycles. The first-order valence-corrected chi connectivity index (χ1v) is 24.0. The molecule has 1 heterocycles. The Hall–Kier alpha value is -8.98. The van der Waals surface area contributed by atoms with Crippen LogP contribution in [0.25, 0.3) is 93.2 Å². The van der Waals surface area contributed by atoms with E-state index in [4.69, 9.17) is 0 Å². The second kappa shape index (κ2) is 14.5. The predicted molar refractivity (Wildman–Crippen MR) is 290 cm³/mol. The second-order valence-corrected chi connectivity index (χ2v) is 18.7. The third-order valence-corrected chi connectivity index (χ3v) is 15.4. The lowest BCUT2D eigenvalue weighted by atomic mass is 9.70. The number of fused-ring (bicyclic) bond motifs is 18. The molecule has 2 heteroatoms. The van der Waals surface area contributed by atoms with Crippen LogP contribution < -0.4 is 4.90 Å². The van der Waals surface area contributed by atoms with Crippen molar-refractivity contribution in [2.75, 3.05) is 4.90 Å². The molecule has 0 fully saturated rings. The molecule has 320 valence electrons.